The molecule has 1 aliphatic carbocycles. The molecule has 1 amide bonds. The Hall–Kier alpha value is -2.40. The summed E-state index contributed by atoms with van der Waals surface area (Å²) >= 11 is 6.61. The van der Waals surface area contributed by atoms with Crippen LogP contribution >= 0.6 is 11.6 Å². The molecular formula is C22H27ClF2N5O3Si. The molecule has 0 saturated heterocycles. The number of cyclic esters (lactones) is 1. The fraction of sp³-hybridized carbons (Fsp3) is 0.591. The van der Waals surface area contributed by atoms with Crippen LogP contribution in [-0.4, -0.2) is 56.2 Å². The molecule has 3 heterocycles. The fourth-order valence-electron chi connectivity index (χ4n) is 4.57. The summed E-state index contributed by atoms with van der Waals surface area (Å²) in [5.41, 5.74) is 0.726. The standard InChI is InChI=1S/C22H27ClF2N5O3Si/c1-11-13-3-4-14(9-13)18-17(23)20(30-29-18)27-15-5-7-26-16(10-15)32-8-6-22(24,25)19(12(2)34)28-21(31)33-11/h5,7,10-14,19H,3-4,6,8-9H2,1-2H3,(H,28,31)(H2,27,29,30)/t11-,12-,13?,14-,19?/m0/s1. The largest absolute Gasteiger partial charge is 0.477 e. The number of hydrogen-bond donors (Lipinski definition) is 3. The number of alkyl halides is 2. The van der Waals surface area contributed by atoms with Crippen molar-refractivity contribution in [2.24, 2.45) is 5.92 Å². The van der Waals surface area contributed by atoms with Crippen molar-refractivity contribution in [1.29, 1.82) is 0 Å². The molecule has 1 saturated carbocycles. The molecule has 6 bridgehead atoms. The van der Waals surface area contributed by atoms with Gasteiger partial charge >= 0.3 is 6.09 Å². The molecule has 0 spiro atoms. The molecule has 2 unspecified atom stereocenters. The smallest absolute Gasteiger partial charge is 0.407 e. The average Bonchev–Trinajstić information content (AvgIpc) is 3.39. The molecule has 12 heteroatoms. The van der Waals surface area contributed by atoms with Crippen LogP contribution in [-0.2, 0) is 4.74 Å². The van der Waals surface area contributed by atoms with E-state index in [2.05, 4.69) is 36.1 Å². The third kappa shape index (κ3) is 5.46. The van der Waals surface area contributed by atoms with Gasteiger partial charge in [-0.25, -0.2) is 18.6 Å². The molecule has 4 rings (SSSR count). The highest BCUT2D eigenvalue weighted by Gasteiger charge is 2.43. The number of nitrogens with zero attached hydrogens (tertiary/aromatic N) is 2. The Morgan fingerprint density at radius 3 is 2.91 bits per heavy atom. The number of carbonyl (C=O) groups excluding carboxylic acids is 1. The van der Waals surface area contributed by atoms with Crippen LogP contribution in [0.15, 0.2) is 18.3 Å². The van der Waals surface area contributed by atoms with Crippen LogP contribution < -0.4 is 15.4 Å². The van der Waals surface area contributed by atoms with E-state index in [1.165, 1.54) is 6.20 Å². The number of hydrogen-bond acceptors (Lipinski definition) is 6. The number of alkyl carbamates (subject to hydrolysis) is 1. The molecule has 5 atom stereocenters. The van der Waals surface area contributed by atoms with Crippen LogP contribution in [0.25, 0.3) is 0 Å². The Balaban J connectivity index is 1.61. The summed E-state index contributed by atoms with van der Waals surface area (Å²) in [7, 11) is 3.25. The van der Waals surface area contributed by atoms with Crippen LogP contribution in [0.4, 0.5) is 25.1 Å². The van der Waals surface area contributed by atoms with E-state index in [0.29, 0.717) is 16.5 Å². The maximum absolute atomic E-state index is 15.0. The number of fused-ring (bicyclic) bond motifs is 7. The Bertz CT molecular complexity index is 1020. The van der Waals surface area contributed by atoms with Gasteiger partial charge in [0.05, 0.1) is 18.3 Å². The Morgan fingerprint density at radius 2 is 2.15 bits per heavy atom. The minimum absolute atomic E-state index is 0.0738. The number of amides is 1. The number of H-pyrrole nitrogens is 1. The van der Waals surface area contributed by atoms with Gasteiger partial charge in [-0.1, -0.05) is 18.5 Å². The minimum Gasteiger partial charge on any atom is -0.477 e. The number of carbonyl (C=O) groups is 1. The van der Waals surface area contributed by atoms with Gasteiger partial charge in [0.2, 0.25) is 5.88 Å². The average molecular weight is 511 g/mol. The second-order valence-corrected chi connectivity index (χ2v) is 10.2. The first-order valence-electron chi connectivity index (χ1n) is 11.3. The van der Waals surface area contributed by atoms with Crippen molar-refractivity contribution in [3.05, 3.63) is 29.0 Å². The zero-order chi connectivity index (χ0) is 24.5. The van der Waals surface area contributed by atoms with E-state index in [-0.39, 0.29) is 24.3 Å². The van der Waals surface area contributed by atoms with E-state index in [0.717, 1.165) is 25.0 Å². The SMILES string of the molecule is C[C@H]([Si])C1NC(=O)O[C@@H](C)C2CC[C@@H](C2)c2[nH]nc(c2Cl)Nc2ccnc(c2)OCCC1(F)F. The van der Waals surface area contributed by atoms with E-state index < -0.39 is 36.1 Å². The number of pyridine rings is 1. The Kier molecular flexibility index (Phi) is 7.32. The zero-order valence-electron chi connectivity index (χ0n) is 18.9. The van der Waals surface area contributed by atoms with Gasteiger partial charge in [0.25, 0.3) is 5.92 Å². The molecule has 2 aromatic heterocycles. The molecule has 1 aliphatic heterocycles. The molecule has 3 radical (unpaired) electrons. The van der Waals surface area contributed by atoms with Crippen LogP contribution in [0, 0.1) is 5.92 Å². The highest BCUT2D eigenvalue weighted by atomic mass is 35.5. The summed E-state index contributed by atoms with van der Waals surface area (Å²) in [6, 6.07) is 1.81. The van der Waals surface area contributed by atoms with Crippen LogP contribution in [0.1, 0.15) is 51.1 Å². The highest BCUT2D eigenvalue weighted by molar-refractivity contribution is 6.33. The lowest BCUT2D eigenvalue weighted by Crippen LogP contribution is -2.51. The van der Waals surface area contributed by atoms with Gasteiger partial charge < -0.3 is 20.1 Å². The van der Waals surface area contributed by atoms with Gasteiger partial charge in [0, 0.05) is 40.5 Å². The first kappa shape index (κ1) is 24.7. The van der Waals surface area contributed by atoms with Crippen LogP contribution in [0.5, 0.6) is 5.88 Å². The number of rotatable bonds is 1. The van der Waals surface area contributed by atoms with Crippen molar-refractivity contribution >= 4 is 39.4 Å². The Labute approximate surface area is 204 Å². The van der Waals surface area contributed by atoms with E-state index in [9.17, 15) is 13.6 Å². The monoisotopic (exact) mass is 510 g/mol. The highest BCUT2D eigenvalue weighted by Crippen LogP contribution is 2.44. The molecule has 3 N–H and O–H groups in total. The molecule has 1 fully saturated rings. The normalized spacial score (nSPS) is 28.2. The van der Waals surface area contributed by atoms with E-state index in [1.54, 1.807) is 26.0 Å². The second kappa shape index (κ2) is 10.1. The van der Waals surface area contributed by atoms with Gasteiger partial charge in [-0.05, 0) is 43.7 Å². The van der Waals surface area contributed by atoms with Crippen molar-refractivity contribution in [3.8, 4) is 5.88 Å². The third-order valence-electron chi connectivity index (χ3n) is 6.48. The molecule has 0 aromatic carbocycles. The molecule has 2 aromatic rings. The van der Waals surface area contributed by atoms with Crippen molar-refractivity contribution < 1.29 is 23.0 Å². The predicted molar refractivity (Wildman–Crippen MR) is 124 cm³/mol. The second-order valence-electron chi connectivity index (χ2n) is 8.96. The fourth-order valence-corrected chi connectivity index (χ4v) is 5.19. The zero-order valence-corrected chi connectivity index (χ0v) is 20.7. The number of aromatic amines is 1. The summed E-state index contributed by atoms with van der Waals surface area (Å²) in [5.74, 6) is -2.43. The molecule has 183 valence electrons. The van der Waals surface area contributed by atoms with Crippen LogP contribution in [0.3, 0.4) is 0 Å². The minimum atomic E-state index is -3.25. The van der Waals surface area contributed by atoms with Gasteiger partial charge in [-0.2, -0.15) is 5.10 Å². The third-order valence-corrected chi connectivity index (χ3v) is 7.20. The van der Waals surface area contributed by atoms with Gasteiger partial charge in [-0.15, -0.1) is 0 Å². The molecular weight excluding hydrogens is 484 g/mol. The lowest BCUT2D eigenvalue weighted by Gasteiger charge is -2.31. The summed E-state index contributed by atoms with van der Waals surface area (Å²) in [6.07, 6.45) is 1.96. The summed E-state index contributed by atoms with van der Waals surface area (Å²) in [4.78, 5) is 16.6. The van der Waals surface area contributed by atoms with Gasteiger partial charge in [-0.3, -0.25) is 5.10 Å². The van der Waals surface area contributed by atoms with Crippen molar-refractivity contribution in [2.75, 3.05) is 11.9 Å². The summed E-state index contributed by atoms with van der Waals surface area (Å²) in [5, 5.41) is 13.3. The maximum Gasteiger partial charge on any atom is 0.407 e. The van der Waals surface area contributed by atoms with Gasteiger partial charge in [0.15, 0.2) is 5.82 Å². The first-order chi connectivity index (χ1) is 16.1. The number of anilines is 2. The molecule has 2 aliphatic rings. The maximum atomic E-state index is 15.0. The summed E-state index contributed by atoms with van der Waals surface area (Å²) in [6.45, 7) is 3.04. The summed E-state index contributed by atoms with van der Waals surface area (Å²) < 4.78 is 41.0. The van der Waals surface area contributed by atoms with Crippen molar-refractivity contribution in [2.45, 2.75) is 69.1 Å². The predicted octanol–water partition coefficient (Wildman–Crippen LogP) is 4.96. The lowest BCUT2D eigenvalue weighted by atomic mass is 9.98. The first-order valence-corrected chi connectivity index (χ1v) is 12.3. The van der Waals surface area contributed by atoms with E-state index >= 15 is 0 Å². The Morgan fingerprint density at radius 1 is 1.35 bits per heavy atom. The lowest BCUT2D eigenvalue weighted by molar-refractivity contribution is -0.0549. The molecule has 34 heavy (non-hydrogen) atoms. The number of aromatic nitrogens is 3. The number of nitrogens with one attached hydrogen (secondary N) is 3. The van der Waals surface area contributed by atoms with Crippen molar-refractivity contribution in [3.63, 3.8) is 0 Å². The topological polar surface area (TPSA) is 101 Å². The van der Waals surface area contributed by atoms with E-state index in [4.69, 9.17) is 21.1 Å². The number of ether oxygens (including phenoxy) is 2. The molecule has 8 nitrogen and oxygen atoms in total. The quantitative estimate of drug-likeness (QED) is 0.468. The van der Waals surface area contributed by atoms with Gasteiger partial charge in [0.1, 0.15) is 11.1 Å². The van der Waals surface area contributed by atoms with Crippen molar-refractivity contribution in [1.82, 2.24) is 20.5 Å². The van der Waals surface area contributed by atoms with Crippen LogP contribution in [0.2, 0.25) is 10.6 Å². The van der Waals surface area contributed by atoms with E-state index in [1.807, 2.05) is 0 Å². The number of halogens is 3.